The van der Waals surface area contributed by atoms with E-state index in [4.69, 9.17) is 15.2 Å². The van der Waals surface area contributed by atoms with Crippen molar-refractivity contribution in [2.75, 3.05) is 18.5 Å². The summed E-state index contributed by atoms with van der Waals surface area (Å²) in [6.45, 7) is 14.2. The minimum atomic E-state index is -0.702. The number of amides is 2. The van der Waals surface area contributed by atoms with Crippen LogP contribution in [0, 0.1) is 20.8 Å². The summed E-state index contributed by atoms with van der Waals surface area (Å²) in [4.78, 5) is 39.3. The Morgan fingerprint density at radius 3 is 2.37 bits per heavy atom. The van der Waals surface area contributed by atoms with E-state index in [9.17, 15) is 14.4 Å². The van der Waals surface area contributed by atoms with Gasteiger partial charge in [0.05, 0.1) is 30.1 Å². The van der Waals surface area contributed by atoms with Gasteiger partial charge in [0.15, 0.2) is 5.78 Å². The fourth-order valence-electron chi connectivity index (χ4n) is 6.12. The summed E-state index contributed by atoms with van der Waals surface area (Å²) in [6, 6.07) is 10.7. The maximum atomic E-state index is 14.1. The molecular formula is C33H41N3O5. The van der Waals surface area contributed by atoms with E-state index in [-0.39, 0.29) is 24.9 Å². The van der Waals surface area contributed by atoms with Gasteiger partial charge in [-0.2, -0.15) is 0 Å². The first-order valence-corrected chi connectivity index (χ1v) is 14.1. The number of carbonyl (C=O) groups excluding carboxylic acids is 3. The second kappa shape index (κ2) is 11.9. The third-order valence-electron chi connectivity index (χ3n) is 7.49. The molecule has 0 radical (unpaired) electrons. The highest BCUT2D eigenvalue weighted by Crippen LogP contribution is 2.47. The number of carbonyl (C=O) groups is 3. The zero-order valence-corrected chi connectivity index (χ0v) is 25.1. The number of ketones is 1. The van der Waals surface area contributed by atoms with E-state index < -0.39 is 23.5 Å². The number of esters is 1. The summed E-state index contributed by atoms with van der Waals surface area (Å²) < 4.78 is 11.7. The average Bonchev–Trinajstić information content (AvgIpc) is 2.85. The molecule has 2 aromatic rings. The van der Waals surface area contributed by atoms with Crippen LogP contribution in [0.4, 0.5) is 10.5 Å². The summed E-state index contributed by atoms with van der Waals surface area (Å²) in [7, 11) is 0. The van der Waals surface area contributed by atoms with Crippen LogP contribution in [0.3, 0.4) is 0 Å². The average molecular weight is 560 g/mol. The van der Waals surface area contributed by atoms with Crippen LogP contribution < -0.4 is 16.4 Å². The van der Waals surface area contributed by atoms with Gasteiger partial charge in [-0.25, -0.2) is 9.59 Å². The number of ether oxygens (including phenoxy) is 2. The highest BCUT2D eigenvalue weighted by Gasteiger charge is 2.43. The van der Waals surface area contributed by atoms with Crippen LogP contribution >= 0.6 is 0 Å². The van der Waals surface area contributed by atoms with E-state index in [2.05, 4.69) is 43.5 Å². The summed E-state index contributed by atoms with van der Waals surface area (Å²) >= 11 is 0. The van der Waals surface area contributed by atoms with Gasteiger partial charge in [-0.15, -0.1) is 0 Å². The van der Waals surface area contributed by atoms with Gasteiger partial charge >= 0.3 is 12.0 Å². The van der Waals surface area contributed by atoms with Crippen LogP contribution in [0.1, 0.15) is 80.2 Å². The van der Waals surface area contributed by atoms with Gasteiger partial charge in [-0.05, 0) is 95.2 Å². The minimum Gasteiger partial charge on any atom is -0.463 e. The Morgan fingerprint density at radius 1 is 1.07 bits per heavy atom. The maximum Gasteiger partial charge on any atom is 0.336 e. The summed E-state index contributed by atoms with van der Waals surface area (Å²) in [5.74, 6) is -1.25. The number of nitrogens with two attached hydrogens (primary N) is 1. The van der Waals surface area contributed by atoms with Crippen LogP contribution in [0.15, 0.2) is 58.9 Å². The van der Waals surface area contributed by atoms with Gasteiger partial charge in [0, 0.05) is 29.3 Å². The van der Waals surface area contributed by atoms with E-state index in [1.165, 1.54) is 22.3 Å². The first-order chi connectivity index (χ1) is 19.3. The van der Waals surface area contributed by atoms with Crippen molar-refractivity contribution in [3.8, 4) is 0 Å². The van der Waals surface area contributed by atoms with E-state index in [1.54, 1.807) is 25.1 Å². The fourth-order valence-corrected chi connectivity index (χ4v) is 6.12. The molecule has 2 aromatic carbocycles. The molecule has 2 unspecified atom stereocenters. The third kappa shape index (κ3) is 6.70. The fraction of sp³-hybridized carbons (Fsp3) is 0.424. The Bertz CT molecular complexity index is 1420. The van der Waals surface area contributed by atoms with Crippen molar-refractivity contribution in [2.45, 2.75) is 78.7 Å². The normalized spacial score (nSPS) is 19.0. The van der Waals surface area contributed by atoms with Crippen molar-refractivity contribution in [1.29, 1.82) is 0 Å². The van der Waals surface area contributed by atoms with Crippen molar-refractivity contribution in [3.05, 3.63) is 86.8 Å². The maximum absolute atomic E-state index is 14.1. The van der Waals surface area contributed by atoms with Gasteiger partial charge in [0.25, 0.3) is 0 Å². The van der Waals surface area contributed by atoms with Gasteiger partial charge in [0.2, 0.25) is 0 Å². The van der Waals surface area contributed by atoms with E-state index in [0.29, 0.717) is 40.9 Å². The molecule has 1 heterocycles. The zero-order chi connectivity index (χ0) is 30.1. The lowest BCUT2D eigenvalue weighted by Gasteiger charge is -2.38. The van der Waals surface area contributed by atoms with Crippen LogP contribution in [0.2, 0.25) is 0 Å². The molecule has 0 fully saturated rings. The molecule has 0 saturated carbocycles. The molecule has 8 nitrogen and oxygen atoms in total. The molecule has 4 rings (SSSR count). The molecule has 1 aliphatic heterocycles. The van der Waals surface area contributed by atoms with Gasteiger partial charge in [-0.1, -0.05) is 29.8 Å². The Labute approximate surface area is 242 Å². The van der Waals surface area contributed by atoms with E-state index in [0.717, 1.165) is 5.70 Å². The second-order valence-corrected chi connectivity index (χ2v) is 11.9. The van der Waals surface area contributed by atoms with Crippen LogP contribution in [-0.4, -0.2) is 36.6 Å². The second-order valence-electron chi connectivity index (χ2n) is 11.9. The lowest BCUT2D eigenvalue weighted by Crippen LogP contribution is -2.39. The molecule has 2 amide bonds. The molecule has 2 aliphatic rings. The molecule has 0 aromatic heterocycles. The molecular weight excluding hydrogens is 518 g/mol. The summed E-state index contributed by atoms with van der Waals surface area (Å²) in [6.07, 6.45) is 0.932. The van der Waals surface area contributed by atoms with E-state index >= 15 is 0 Å². The Hall–Kier alpha value is -3.91. The largest absolute Gasteiger partial charge is 0.463 e. The Morgan fingerprint density at radius 2 is 1.76 bits per heavy atom. The summed E-state index contributed by atoms with van der Waals surface area (Å²) in [5.41, 5.74) is 13.0. The lowest BCUT2D eigenvalue weighted by atomic mass is 9.70. The molecule has 218 valence electrons. The molecule has 0 bridgehead atoms. The monoisotopic (exact) mass is 559 g/mol. The number of aryl methyl sites for hydroxylation is 3. The number of dihydropyridines is 1. The standard InChI is InChI=1S/C33H41N3O5/c1-8-40-31(38)30-25(17-41-33(5,6)7)36-24-15-22(27-19(3)12-18(2)13-20(27)4)16-26(37)29(24)28(30)21-10-9-11-23(14-21)35-32(34)39/h9-14,22,28,36H,8,15-17H2,1-7H3,(H3,34,35,39). The van der Waals surface area contributed by atoms with Crippen molar-refractivity contribution in [3.63, 3.8) is 0 Å². The number of allylic oxidation sites excluding steroid dienone is 2. The van der Waals surface area contributed by atoms with E-state index in [1.807, 2.05) is 26.8 Å². The highest BCUT2D eigenvalue weighted by molar-refractivity contribution is 6.04. The first kappa shape index (κ1) is 30.1. The van der Waals surface area contributed by atoms with Crippen molar-refractivity contribution >= 4 is 23.5 Å². The lowest BCUT2D eigenvalue weighted by molar-refractivity contribution is -0.139. The molecule has 1 aliphatic carbocycles. The predicted molar refractivity (Wildman–Crippen MR) is 160 cm³/mol. The molecule has 41 heavy (non-hydrogen) atoms. The summed E-state index contributed by atoms with van der Waals surface area (Å²) in [5, 5.41) is 6.07. The quantitative estimate of drug-likeness (QED) is 0.368. The third-order valence-corrected chi connectivity index (χ3v) is 7.49. The number of nitrogens with one attached hydrogen (secondary N) is 2. The van der Waals surface area contributed by atoms with Crippen LogP contribution in [0.5, 0.6) is 0 Å². The number of benzene rings is 2. The SMILES string of the molecule is CCOC(=O)C1=C(COC(C)(C)C)NC2=C(C(=O)CC(c3c(C)cc(C)cc3C)C2)C1c1cccc(NC(N)=O)c1. The number of anilines is 1. The highest BCUT2D eigenvalue weighted by atomic mass is 16.5. The van der Waals surface area contributed by atoms with Gasteiger partial charge in [0.1, 0.15) is 0 Å². The Balaban J connectivity index is 1.89. The van der Waals surface area contributed by atoms with Crippen molar-refractivity contribution in [1.82, 2.24) is 5.32 Å². The number of Topliss-reactive ketones (excluding diaryl/α,β-unsaturated/α-hetero) is 1. The van der Waals surface area contributed by atoms with Crippen molar-refractivity contribution in [2.24, 2.45) is 5.73 Å². The number of hydrogen-bond donors (Lipinski definition) is 3. The Kier molecular flexibility index (Phi) is 8.73. The molecule has 8 heteroatoms. The minimum absolute atomic E-state index is 0.00760. The van der Waals surface area contributed by atoms with Gasteiger partial charge < -0.3 is 25.8 Å². The molecule has 4 N–H and O–H groups in total. The number of primary amides is 1. The number of rotatable bonds is 7. The zero-order valence-electron chi connectivity index (χ0n) is 25.1. The van der Waals surface area contributed by atoms with Crippen LogP contribution in [0.25, 0.3) is 0 Å². The molecule has 0 spiro atoms. The number of urea groups is 1. The smallest absolute Gasteiger partial charge is 0.336 e. The van der Waals surface area contributed by atoms with Gasteiger partial charge in [-0.3, -0.25) is 4.79 Å². The van der Waals surface area contributed by atoms with Crippen molar-refractivity contribution < 1.29 is 23.9 Å². The molecule has 2 atom stereocenters. The number of hydrogen-bond acceptors (Lipinski definition) is 6. The molecule has 0 saturated heterocycles. The van der Waals surface area contributed by atoms with Crippen LogP contribution in [-0.2, 0) is 19.1 Å². The first-order valence-electron chi connectivity index (χ1n) is 14.1. The predicted octanol–water partition coefficient (Wildman–Crippen LogP) is 5.82. The topological polar surface area (TPSA) is 120 Å².